The number of thiazole rings is 1. The summed E-state index contributed by atoms with van der Waals surface area (Å²) in [6, 6.07) is 5.35. The van der Waals surface area contributed by atoms with E-state index in [4.69, 9.17) is 10.9 Å². The highest BCUT2D eigenvalue weighted by Crippen LogP contribution is 2.28. The number of hydrogen-bond acceptors (Lipinski definition) is 6. The van der Waals surface area contributed by atoms with Gasteiger partial charge in [0.15, 0.2) is 10.2 Å². The van der Waals surface area contributed by atoms with Gasteiger partial charge in [-0.3, -0.25) is 0 Å². The zero-order valence-corrected chi connectivity index (χ0v) is 10.6. The standard InChI is InChI=1S/C10H10N4OS2/c1-6-5-16-10(12-6)17-8-4-2-3-7(13-8)9(11)14-15/h2-5,15H,1H3,(H2,11,14). The molecule has 0 atom stereocenters. The minimum Gasteiger partial charge on any atom is -0.409 e. The molecule has 3 N–H and O–H groups in total. The van der Waals surface area contributed by atoms with Crippen molar-refractivity contribution in [3.05, 3.63) is 35.0 Å². The van der Waals surface area contributed by atoms with Crippen LogP contribution in [0.1, 0.15) is 11.4 Å². The maximum absolute atomic E-state index is 8.58. The second-order valence-electron chi connectivity index (χ2n) is 3.20. The minimum atomic E-state index is 0.00256. The molecular formula is C10H10N4OS2. The van der Waals surface area contributed by atoms with Gasteiger partial charge in [0.25, 0.3) is 0 Å². The SMILES string of the molecule is Cc1csc(Sc2cccc(C(N)=NO)n2)n1. The maximum Gasteiger partial charge on any atom is 0.188 e. The van der Waals surface area contributed by atoms with Crippen LogP contribution in [0.15, 0.2) is 38.1 Å². The lowest BCUT2D eigenvalue weighted by molar-refractivity contribution is 0.318. The Morgan fingerprint density at radius 2 is 2.29 bits per heavy atom. The number of nitrogens with two attached hydrogens (primary N) is 1. The summed E-state index contributed by atoms with van der Waals surface area (Å²) in [6.07, 6.45) is 0. The van der Waals surface area contributed by atoms with Gasteiger partial charge in [0, 0.05) is 11.1 Å². The van der Waals surface area contributed by atoms with Crippen molar-refractivity contribution in [1.29, 1.82) is 0 Å². The van der Waals surface area contributed by atoms with Crippen molar-refractivity contribution in [2.24, 2.45) is 10.9 Å². The third-order valence-electron chi connectivity index (χ3n) is 1.88. The van der Waals surface area contributed by atoms with Gasteiger partial charge >= 0.3 is 0 Å². The van der Waals surface area contributed by atoms with E-state index in [-0.39, 0.29) is 5.84 Å². The smallest absolute Gasteiger partial charge is 0.188 e. The van der Waals surface area contributed by atoms with Crippen LogP contribution in [0.2, 0.25) is 0 Å². The molecule has 2 rings (SSSR count). The van der Waals surface area contributed by atoms with E-state index in [0.717, 1.165) is 15.1 Å². The monoisotopic (exact) mass is 266 g/mol. The summed E-state index contributed by atoms with van der Waals surface area (Å²) < 4.78 is 0.923. The van der Waals surface area contributed by atoms with Crippen molar-refractivity contribution in [3.63, 3.8) is 0 Å². The Balaban J connectivity index is 2.22. The molecule has 0 saturated heterocycles. The van der Waals surface area contributed by atoms with Crippen molar-refractivity contribution < 1.29 is 5.21 Å². The molecule has 0 aromatic carbocycles. The van der Waals surface area contributed by atoms with Gasteiger partial charge in [0.05, 0.1) is 0 Å². The second kappa shape index (κ2) is 5.15. The summed E-state index contributed by atoms with van der Waals surface area (Å²) >= 11 is 3.02. The van der Waals surface area contributed by atoms with E-state index < -0.39 is 0 Å². The Morgan fingerprint density at radius 1 is 1.47 bits per heavy atom. The van der Waals surface area contributed by atoms with Crippen molar-refractivity contribution in [2.45, 2.75) is 16.3 Å². The number of pyridine rings is 1. The molecule has 0 amide bonds. The van der Waals surface area contributed by atoms with Crippen LogP contribution in [0, 0.1) is 6.92 Å². The first-order chi connectivity index (χ1) is 8.19. The maximum atomic E-state index is 8.58. The molecule has 0 aliphatic heterocycles. The number of aromatic nitrogens is 2. The van der Waals surface area contributed by atoms with E-state index >= 15 is 0 Å². The lowest BCUT2D eigenvalue weighted by atomic mass is 10.3. The molecule has 0 spiro atoms. The first-order valence-corrected chi connectivity index (χ1v) is 6.43. The summed E-state index contributed by atoms with van der Waals surface area (Å²) in [4.78, 5) is 8.59. The van der Waals surface area contributed by atoms with Crippen LogP contribution in [0.5, 0.6) is 0 Å². The fourth-order valence-electron chi connectivity index (χ4n) is 1.13. The highest BCUT2D eigenvalue weighted by Gasteiger charge is 2.06. The van der Waals surface area contributed by atoms with Crippen molar-refractivity contribution in [3.8, 4) is 0 Å². The van der Waals surface area contributed by atoms with E-state index in [0.29, 0.717) is 5.69 Å². The third-order valence-corrected chi connectivity index (χ3v) is 3.88. The van der Waals surface area contributed by atoms with Gasteiger partial charge < -0.3 is 10.9 Å². The van der Waals surface area contributed by atoms with Crippen molar-refractivity contribution >= 4 is 28.9 Å². The Kier molecular flexibility index (Phi) is 3.60. The highest BCUT2D eigenvalue weighted by atomic mass is 32.2. The van der Waals surface area contributed by atoms with Crippen molar-refractivity contribution in [1.82, 2.24) is 9.97 Å². The topological polar surface area (TPSA) is 84.4 Å². The largest absolute Gasteiger partial charge is 0.409 e. The van der Waals surface area contributed by atoms with Crippen LogP contribution in [0.25, 0.3) is 0 Å². The molecule has 2 aromatic heterocycles. The second-order valence-corrected chi connectivity index (χ2v) is 5.33. The Morgan fingerprint density at radius 3 is 2.94 bits per heavy atom. The number of rotatable bonds is 3. The normalized spacial score (nSPS) is 11.7. The van der Waals surface area contributed by atoms with E-state index in [2.05, 4.69) is 15.1 Å². The molecule has 0 fully saturated rings. The van der Waals surface area contributed by atoms with Gasteiger partial charge in [-0.1, -0.05) is 11.2 Å². The zero-order chi connectivity index (χ0) is 12.3. The summed E-state index contributed by atoms with van der Waals surface area (Å²) in [5, 5.41) is 14.2. The number of hydrogen-bond donors (Lipinski definition) is 2. The number of aryl methyl sites for hydroxylation is 1. The van der Waals surface area contributed by atoms with Crippen LogP contribution in [-0.2, 0) is 0 Å². The molecule has 88 valence electrons. The molecule has 5 nitrogen and oxygen atoms in total. The van der Waals surface area contributed by atoms with Gasteiger partial charge in [0.2, 0.25) is 0 Å². The van der Waals surface area contributed by atoms with E-state index in [1.807, 2.05) is 24.4 Å². The highest BCUT2D eigenvalue weighted by molar-refractivity contribution is 8.01. The Bertz CT molecular complexity index is 553. The molecule has 0 aliphatic carbocycles. The Labute approximate surface area is 106 Å². The third kappa shape index (κ3) is 2.95. The van der Waals surface area contributed by atoms with Gasteiger partial charge in [-0.05, 0) is 30.8 Å². The molecule has 7 heteroatoms. The predicted molar refractivity (Wildman–Crippen MR) is 67.7 cm³/mol. The fourth-order valence-corrected chi connectivity index (χ4v) is 2.91. The number of nitrogens with zero attached hydrogens (tertiary/aromatic N) is 3. The average molecular weight is 266 g/mol. The van der Waals surface area contributed by atoms with Crippen LogP contribution >= 0.6 is 23.1 Å². The minimum absolute atomic E-state index is 0.00256. The summed E-state index contributed by atoms with van der Waals surface area (Å²) in [6.45, 7) is 1.95. The van der Waals surface area contributed by atoms with Gasteiger partial charge in [-0.2, -0.15) is 0 Å². The first kappa shape index (κ1) is 11.9. The van der Waals surface area contributed by atoms with Crippen LogP contribution in [0.4, 0.5) is 0 Å². The molecule has 2 aromatic rings. The first-order valence-electron chi connectivity index (χ1n) is 4.74. The summed E-state index contributed by atoms with van der Waals surface area (Å²) in [7, 11) is 0. The Hall–Kier alpha value is -1.60. The predicted octanol–water partition coefficient (Wildman–Crippen LogP) is 2.09. The van der Waals surface area contributed by atoms with Crippen molar-refractivity contribution in [2.75, 3.05) is 0 Å². The molecular weight excluding hydrogens is 256 g/mol. The van der Waals surface area contributed by atoms with Gasteiger partial charge in [-0.15, -0.1) is 11.3 Å². The van der Waals surface area contributed by atoms with Crippen LogP contribution in [-0.4, -0.2) is 21.0 Å². The lowest BCUT2D eigenvalue weighted by Gasteiger charge is -2.00. The molecule has 0 radical (unpaired) electrons. The number of oxime groups is 1. The van der Waals surface area contributed by atoms with Crippen LogP contribution < -0.4 is 5.73 Å². The molecule has 17 heavy (non-hydrogen) atoms. The quantitative estimate of drug-likeness (QED) is 0.384. The molecule has 0 unspecified atom stereocenters. The molecule has 0 aliphatic rings. The zero-order valence-electron chi connectivity index (χ0n) is 8.99. The number of amidine groups is 1. The molecule has 0 bridgehead atoms. The van der Waals surface area contributed by atoms with Gasteiger partial charge in [0.1, 0.15) is 10.7 Å². The molecule has 2 heterocycles. The fraction of sp³-hybridized carbons (Fsp3) is 0.100. The summed E-state index contributed by atoms with van der Waals surface area (Å²) in [5.74, 6) is 0.00256. The van der Waals surface area contributed by atoms with E-state index in [1.54, 1.807) is 17.4 Å². The van der Waals surface area contributed by atoms with Gasteiger partial charge in [-0.25, -0.2) is 9.97 Å². The van der Waals surface area contributed by atoms with E-state index in [9.17, 15) is 0 Å². The average Bonchev–Trinajstić information content (AvgIpc) is 2.74. The molecule has 0 saturated carbocycles. The van der Waals surface area contributed by atoms with Crippen LogP contribution in [0.3, 0.4) is 0 Å². The lowest BCUT2D eigenvalue weighted by Crippen LogP contribution is -2.14. The van der Waals surface area contributed by atoms with E-state index in [1.165, 1.54) is 11.8 Å². The summed E-state index contributed by atoms with van der Waals surface area (Å²) in [5.41, 5.74) is 6.92.